The summed E-state index contributed by atoms with van der Waals surface area (Å²) in [7, 11) is 0. The minimum Gasteiger partial charge on any atom is -0.494 e. The number of carbonyl (C=O) groups is 2. The normalized spacial score (nSPS) is 10.6. The Kier molecular flexibility index (Phi) is 9.68. The monoisotopic (exact) mass is 476 g/mol. The molecular formula is C27H28N2O6. The van der Waals surface area contributed by atoms with Gasteiger partial charge in [0, 0.05) is 0 Å². The maximum Gasteiger partial charge on any atom is 0.343 e. The van der Waals surface area contributed by atoms with Crippen LogP contribution in [-0.4, -0.2) is 37.9 Å². The van der Waals surface area contributed by atoms with Crippen LogP contribution in [0.25, 0.3) is 0 Å². The molecule has 0 radical (unpaired) electrons. The molecule has 182 valence electrons. The van der Waals surface area contributed by atoms with Gasteiger partial charge < -0.3 is 18.9 Å². The molecule has 0 heterocycles. The summed E-state index contributed by atoms with van der Waals surface area (Å²) < 4.78 is 22.1. The Labute approximate surface area is 204 Å². The summed E-state index contributed by atoms with van der Waals surface area (Å²) in [6.07, 6.45) is 2.36. The van der Waals surface area contributed by atoms with Crippen LogP contribution in [0.5, 0.6) is 23.0 Å². The molecule has 0 atom stereocenters. The van der Waals surface area contributed by atoms with Crippen LogP contribution in [0.3, 0.4) is 0 Å². The fraction of sp³-hybridized carbons (Fsp3) is 0.222. The van der Waals surface area contributed by atoms with E-state index in [1.807, 2.05) is 32.0 Å². The Bertz CT molecular complexity index is 1130. The maximum absolute atomic E-state index is 12.6. The number of nitrogens with zero attached hydrogens (tertiary/aromatic N) is 1. The standard InChI is InChI=1S/C27H28N2O6/c1-3-16-33-23-13-11-21(12-14-23)27(31)35-24-15-10-20(17-25(24)32-4-2)18-28-29-26(30)19-34-22-8-6-5-7-9-22/h5-15,17-18H,3-4,16,19H2,1-2H3,(H,29,30)/b28-18+. The molecule has 0 aromatic heterocycles. The molecule has 1 amide bonds. The van der Waals surface area contributed by atoms with Crippen molar-refractivity contribution >= 4 is 18.1 Å². The van der Waals surface area contributed by atoms with Crippen LogP contribution in [0.2, 0.25) is 0 Å². The Balaban J connectivity index is 1.58. The van der Waals surface area contributed by atoms with Crippen molar-refractivity contribution in [3.8, 4) is 23.0 Å². The Morgan fingerprint density at radius 2 is 1.60 bits per heavy atom. The Morgan fingerprint density at radius 3 is 2.31 bits per heavy atom. The quantitative estimate of drug-likeness (QED) is 0.177. The lowest BCUT2D eigenvalue weighted by Gasteiger charge is -2.12. The molecule has 1 N–H and O–H groups in total. The van der Waals surface area contributed by atoms with Gasteiger partial charge in [-0.3, -0.25) is 4.79 Å². The predicted octanol–water partition coefficient (Wildman–Crippen LogP) is 4.62. The van der Waals surface area contributed by atoms with E-state index in [0.717, 1.165) is 6.42 Å². The van der Waals surface area contributed by atoms with Crippen molar-refractivity contribution in [2.45, 2.75) is 20.3 Å². The van der Waals surface area contributed by atoms with Crippen molar-refractivity contribution in [3.05, 3.63) is 83.9 Å². The Morgan fingerprint density at radius 1 is 0.857 bits per heavy atom. The topological polar surface area (TPSA) is 95.5 Å². The van der Waals surface area contributed by atoms with Crippen molar-refractivity contribution in [3.63, 3.8) is 0 Å². The summed E-state index contributed by atoms with van der Waals surface area (Å²) in [6, 6.07) is 20.8. The molecule has 0 saturated carbocycles. The van der Waals surface area contributed by atoms with Gasteiger partial charge in [0.2, 0.25) is 0 Å². The molecule has 0 aliphatic carbocycles. The second-order valence-electron chi connectivity index (χ2n) is 7.30. The Hall–Kier alpha value is -4.33. The third-order valence-corrected chi connectivity index (χ3v) is 4.55. The second-order valence-corrected chi connectivity index (χ2v) is 7.30. The van der Waals surface area contributed by atoms with Crippen LogP contribution in [0.4, 0.5) is 0 Å². The van der Waals surface area contributed by atoms with Gasteiger partial charge >= 0.3 is 5.97 Å². The lowest BCUT2D eigenvalue weighted by molar-refractivity contribution is -0.123. The van der Waals surface area contributed by atoms with Crippen LogP contribution >= 0.6 is 0 Å². The van der Waals surface area contributed by atoms with E-state index in [0.29, 0.717) is 41.6 Å². The third-order valence-electron chi connectivity index (χ3n) is 4.55. The zero-order valence-electron chi connectivity index (χ0n) is 19.7. The van der Waals surface area contributed by atoms with Gasteiger partial charge in [-0.15, -0.1) is 0 Å². The number of hydrogen-bond donors (Lipinski definition) is 1. The minimum absolute atomic E-state index is 0.161. The molecule has 0 spiro atoms. The zero-order chi connectivity index (χ0) is 24.9. The van der Waals surface area contributed by atoms with Crippen molar-refractivity contribution in [1.29, 1.82) is 0 Å². The fourth-order valence-electron chi connectivity index (χ4n) is 2.90. The number of ether oxygens (including phenoxy) is 4. The molecule has 0 aliphatic heterocycles. The maximum atomic E-state index is 12.6. The predicted molar refractivity (Wildman–Crippen MR) is 132 cm³/mol. The van der Waals surface area contributed by atoms with Gasteiger partial charge in [0.05, 0.1) is 25.0 Å². The van der Waals surface area contributed by atoms with Crippen molar-refractivity contribution in [2.75, 3.05) is 19.8 Å². The first-order valence-corrected chi connectivity index (χ1v) is 11.3. The van der Waals surface area contributed by atoms with Crippen molar-refractivity contribution in [1.82, 2.24) is 5.43 Å². The van der Waals surface area contributed by atoms with Crippen LogP contribution in [0.1, 0.15) is 36.2 Å². The molecule has 0 unspecified atom stereocenters. The number of esters is 1. The van der Waals surface area contributed by atoms with Crippen molar-refractivity contribution in [2.24, 2.45) is 5.10 Å². The number of carbonyl (C=O) groups excluding carboxylic acids is 2. The highest BCUT2D eigenvalue weighted by Crippen LogP contribution is 2.29. The van der Waals surface area contributed by atoms with Gasteiger partial charge in [0.25, 0.3) is 5.91 Å². The first-order chi connectivity index (χ1) is 17.1. The highest BCUT2D eigenvalue weighted by atomic mass is 16.6. The number of hydrogen-bond acceptors (Lipinski definition) is 7. The van der Waals surface area contributed by atoms with Gasteiger partial charge in [-0.2, -0.15) is 5.10 Å². The average Bonchev–Trinajstić information content (AvgIpc) is 2.88. The molecule has 3 aromatic carbocycles. The smallest absolute Gasteiger partial charge is 0.343 e. The SMILES string of the molecule is CCCOc1ccc(C(=O)Oc2ccc(/C=N/NC(=O)COc3ccccc3)cc2OCC)cc1. The van der Waals surface area contributed by atoms with Crippen molar-refractivity contribution < 1.29 is 28.5 Å². The van der Waals surface area contributed by atoms with Gasteiger partial charge in [-0.25, -0.2) is 10.2 Å². The van der Waals surface area contributed by atoms with E-state index in [1.165, 1.54) is 6.21 Å². The van der Waals surface area contributed by atoms with Gasteiger partial charge in [-0.1, -0.05) is 25.1 Å². The van der Waals surface area contributed by atoms with E-state index in [2.05, 4.69) is 10.5 Å². The molecule has 35 heavy (non-hydrogen) atoms. The van der Waals surface area contributed by atoms with E-state index in [4.69, 9.17) is 18.9 Å². The number of rotatable bonds is 12. The molecule has 0 aliphatic rings. The number of amides is 1. The van der Waals surface area contributed by atoms with E-state index in [-0.39, 0.29) is 12.4 Å². The second kappa shape index (κ2) is 13.4. The molecule has 3 aromatic rings. The fourth-order valence-corrected chi connectivity index (χ4v) is 2.90. The molecule has 8 heteroatoms. The van der Waals surface area contributed by atoms with Crippen LogP contribution < -0.4 is 24.4 Å². The van der Waals surface area contributed by atoms with E-state index in [1.54, 1.807) is 54.6 Å². The van der Waals surface area contributed by atoms with Crippen LogP contribution in [-0.2, 0) is 4.79 Å². The first-order valence-electron chi connectivity index (χ1n) is 11.3. The van der Waals surface area contributed by atoms with Crippen LogP contribution in [0, 0.1) is 0 Å². The largest absolute Gasteiger partial charge is 0.494 e. The number of para-hydroxylation sites is 1. The lowest BCUT2D eigenvalue weighted by atomic mass is 10.2. The van der Waals surface area contributed by atoms with Gasteiger partial charge in [0.1, 0.15) is 11.5 Å². The van der Waals surface area contributed by atoms with Gasteiger partial charge in [-0.05, 0) is 73.5 Å². The van der Waals surface area contributed by atoms with Gasteiger partial charge in [0.15, 0.2) is 18.1 Å². The van der Waals surface area contributed by atoms with E-state index >= 15 is 0 Å². The lowest BCUT2D eigenvalue weighted by Crippen LogP contribution is -2.24. The summed E-state index contributed by atoms with van der Waals surface area (Å²) in [5.41, 5.74) is 3.45. The number of nitrogens with one attached hydrogen (secondary N) is 1. The van der Waals surface area contributed by atoms with E-state index < -0.39 is 11.9 Å². The number of benzene rings is 3. The minimum atomic E-state index is -0.514. The third kappa shape index (κ3) is 8.19. The number of hydrazone groups is 1. The molecule has 0 fully saturated rings. The summed E-state index contributed by atoms with van der Waals surface area (Å²) in [4.78, 5) is 24.5. The average molecular weight is 477 g/mol. The first kappa shape index (κ1) is 25.3. The summed E-state index contributed by atoms with van der Waals surface area (Å²) in [6.45, 7) is 4.68. The molecular weight excluding hydrogens is 448 g/mol. The molecule has 0 saturated heterocycles. The molecule has 8 nitrogen and oxygen atoms in total. The summed E-state index contributed by atoms with van der Waals surface area (Å²) in [5.74, 6) is 1.04. The van der Waals surface area contributed by atoms with E-state index in [9.17, 15) is 9.59 Å². The highest BCUT2D eigenvalue weighted by Gasteiger charge is 2.13. The summed E-state index contributed by atoms with van der Waals surface area (Å²) >= 11 is 0. The molecule has 3 rings (SSSR count). The highest BCUT2D eigenvalue weighted by molar-refractivity contribution is 5.92. The zero-order valence-corrected chi connectivity index (χ0v) is 19.7. The van der Waals surface area contributed by atoms with Crippen LogP contribution in [0.15, 0.2) is 77.9 Å². The molecule has 0 bridgehead atoms. The summed E-state index contributed by atoms with van der Waals surface area (Å²) in [5, 5.41) is 3.94.